The van der Waals surface area contributed by atoms with Gasteiger partial charge in [-0.1, -0.05) is 0 Å². The van der Waals surface area contributed by atoms with Crippen LogP contribution in [0.1, 0.15) is 23.4 Å². The molecule has 0 aliphatic rings. The van der Waals surface area contributed by atoms with Gasteiger partial charge < -0.3 is 4.74 Å². The minimum absolute atomic E-state index is 0.0208. The second kappa shape index (κ2) is 4.06. The number of hydrogen-bond acceptors (Lipinski definition) is 4. The van der Waals surface area contributed by atoms with Crippen LogP contribution in [0.3, 0.4) is 0 Å². The van der Waals surface area contributed by atoms with E-state index in [-0.39, 0.29) is 11.7 Å². The molecule has 1 N–H and O–H groups in total. The van der Waals surface area contributed by atoms with Crippen LogP contribution in [0.4, 0.5) is 0 Å². The zero-order chi connectivity index (χ0) is 8.97. The number of nitrogens with one attached hydrogen (secondary N) is 1. The molecule has 1 aromatic heterocycles. The third-order valence-corrected chi connectivity index (χ3v) is 1.37. The molecule has 0 aromatic carbocycles. The fraction of sp³-hybridized carbons (Fsp3) is 0.500. The lowest BCUT2D eigenvalue weighted by molar-refractivity contribution is 0.0512. The average molecular weight is 190 g/mol. The molecule has 0 unspecified atom stereocenters. The SMILES string of the molecule is CCOC(=O)c1n[nH]c(CCl)n1. The molecular formula is C6H8ClN3O2. The van der Waals surface area contributed by atoms with Gasteiger partial charge in [-0.25, -0.2) is 9.78 Å². The Labute approximate surface area is 74.1 Å². The molecule has 0 spiro atoms. The summed E-state index contributed by atoms with van der Waals surface area (Å²) in [5.41, 5.74) is 0. The summed E-state index contributed by atoms with van der Waals surface area (Å²) in [4.78, 5) is 14.7. The Morgan fingerprint density at radius 1 is 1.75 bits per heavy atom. The van der Waals surface area contributed by atoms with E-state index in [1.807, 2.05) is 0 Å². The summed E-state index contributed by atoms with van der Waals surface area (Å²) in [5.74, 6) is 0.143. The number of alkyl halides is 1. The van der Waals surface area contributed by atoms with Crippen LogP contribution in [0.2, 0.25) is 0 Å². The molecule has 1 aromatic rings. The number of carbonyl (C=O) groups excluding carboxylic acids is 1. The molecule has 0 radical (unpaired) electrons. The summed E-state index contributed by atoms with van der Waals surface area (Å²) in [6, 6.07) is 0. The van der Waals surface area contributed by atoms with Gasteiger partial charge in [0.05, 0.1) is 12.5 Å². The van der Waals surface area contributed by atoms with Crippen molar-refractivity contribution in [3.05, 3.63) is 11.6 Å². The lowest BCUT2D eigenvalue weighted by atomic mass is 10.6. The number of aromatic nitrogens is 3. The first kappa shape index (κ1) is 8.99. The molecule has 66 valence electrons. The Hall–Kier alpha value is -1.10. The Balaban J connectivity index is 2.68. The van der Waals surface area contributed by atoms with Gasteiger partial charge in [-0.3, -0.25) is 5.10 Å². The molecule has 0 aliphatic carbocycles. The van der Waals surface area contributed by atoms with Crippen molar-refractivity contribution in [1.29, 1.82) is 0 Å². The van der Waals surface area contributed by atoms with E-state index in [1.165, 1.54) is 0 Å². The topological polar surface area (TPSA) is 67.9 Å². The molecule has 0 amide bonds. The summed E-state index contributed by atoms with van der Waals surface area (Å²) < 4.78 is 4.66. The molecule has 0 fully saturated rings. The van der Waals surface area contributed by atoms with Crippen LogP contribution < -0.4 is 0 Å². The predicted molar refractivity (Wildman–Crippen MR) is 41.9 cm³/mol. The predicted octanol–water partition coefficient (Wildman–Crippen LogP) is 0.720. The smallest absolute Gasteiger partial charge is 0.378 e. The van der Waals surface area contributed by atoms with Crippen molar-refractivity contribution in [2.45, 2.75) is 12.8 Å². The van der Waals surface area contributed by atoms with Gasteiger partial charge in [-0.15, -0.1) is 16.7 Å². The van der Waals surface area contributed by atoms with Gasteiger partial charge in [0.25, 0.3) is 5.82 Å². The maximum atomic E-state index is 11.0. The monoisotopic (exact) mass is 189 g/mol. The van der Waals surface area contributed by atoms with Gasteiger partial charge in [0.15, 0.2) is 0 Å². The fourth-order valence-electron chi connectivity index (χ4n) is 0.642. The molecule has 1 heterocycles. The minimum atomic E-state index is -0.537. The number of hydrogen-bond donors (Lipinski definition) is 1. The van der Waals surface area contributed by atoms with Crippen molar-refractivity contribution in [1.82, 2.24) is 15.2 Å². The van der Waals surface area contributed by atoms with E-state index in [1.54, 1.807) is 6.92 Å². The van der Waals surface area contributed by atoms with Crippen LogP contribution >= 0.6 is 11.6 Å². The largest absolute Gasteiger partial charge is 0.460 e. The first-order chi connectivity index (χ1) is 5.77. The van der Waals surface area contributed by atoms with E-state index in [9.17, 15) is 4.79 Å². The normalized spacial score (nSPS) is 9.83. The highest BCUT2D eigenvalue weighted by atomic mass is 35.5. The van der Waals surface area contributed by atoms with E-state index in [4.69, 9.17) is 11.6 Å². The highest BCUT2D eigenvalue weighted by Crippen LogP contribution is 1.97. The highest BCUT2D eigenvalue weighted by Gasteiger charge is 2.12. The van der Waals surface area contributed by atoms with Crippen LogP contribution in [0.15, 0.2) is 0 Å². The standard InChI is InChI=1S/C6H8ClN3O2/c1-2-12-6(11)5-8-4(3-7)9-10-5/h2-3H2,1H3,(H,8,9,10). The number of carbonyl (C=O) groups is 1. The number of nitrogens with zero attached hydrogens (tertiary/aromatic N) is 2. The van der Waals surface area contributed by atoms with Gasteiger partial charge in [-0.05, 0) is 6.92 Å². The van der Waals surface area contributed by atoms with Crippen LogP contribution in [0.5, 0.6) is 0 Å². The lowest BCUT2D eigenvalue weighted by Gasteiger charge is -1.93. The van der Waals surface area contributed by atoms with Crippen LogP contribution in [-0.2, 0) is 10.6 Å². The molecule has 0 atom stereocenters. The summed E-state index contributed by atoms with van der Waals surface area (Å²) >= 11 is 5.44. The number of aromatic amines is 1. The first-order valence-corrected chi connectivity index (χ1v) is 3.95. The number of ether oxygens (including phenoxy) is 1. The molecule has 0 aliphatic heterocycles. The maximum Gasteiger partial charge on any atom is 0.378 e. The summed E-state index contributed by atoms with van der Waals surface area (Å²) in [5, 5.41) is 6.11. The third kappa shape index (κ3) is 1.94. The van der Waals surface area contributed by atoms with Gasteiger partial charge in [0.2, 0.25) is 0 Å². The Morgan fingerprint density at radius 3 is 3.00 bits per heavy atom. The first-order valence-electron chi connectivity index (χ1n) is 3.42. The van der Waals surface area contributed by atoms with Crippen LogP contribution in [0, 0.1) is 0 Å². The molecule has 0 saturated carbocycles. The van der Waals surface area contributed by atoms with Gasteiger partial charge >= 0.3 is 5.97 Å². The third-order valence-electron chi connectivity index (χ3n) is 1.12. The average Bonchev–Trinajstić information content (AvgIpc) is 2.52. The van der Waals surface area contributed by atoms with E-state index in [2.05, 4.69) is 19.9 Å². The quantitative estimate of drug-likeness (QED) is 0.562. The minimum Gasteiger partial charge on any atom is -0.460 e. The lowest BCUT2D eigenvalue weighted by Crippen LogP contribution is -2.06. The van der Waals surface area contributed by atoms with Crippen molar-refractivity contribution in [2.75, 3.05) is 6.61 Å². The molecular weight excluding hydrogens is 182 g/mol. The van der Waals surface area contributed by atoms with Crippen molar-refractivity contribution < 1.29 is 9.53 Å². The van der Waals surface area contributed by atoms with Gasteiger partial charge in [-0.2, -0.15) is 0 Å². The number of esters is 1. The maximum absolute atomic E-state index is 11.0. The van der Waals surface area contributed by atoms with Crippen molar-refractivity contribution >= 4 is 17.6 Å². The fourth-order valence-corrected chi connectivity index (χ4v) is 0.762. The summed E-state index contributed by atoms with van der Waals surface area (Å²) in [6.07, 6.45) is 0. The summed E-state index contributed by atoms with van der Waals surface area (Å²) in [6.45, 7) is 2.02. The van der Waals surface area contributed by atoms with Crippen LogP contribution in [-0.4, -0.2) is 27.8 Å². The Bertz CT molecular complexity index is 274. The molecule has 1 rings (SSSR count). The zero-order valence-electron chi connectivity index (χ0n) is 6.50. The van der Waals surface area contributed by atoms with Crippen molar-refractivity contribution in [3.63, 3.8) is 0 Å². The van der Waals surface area contributed by atoms with E-state index < -0.39 is 5.97 Å². The van der Waals surface area contributed by atoms with Gasteiger partial charge in [0.1, 0.15) is 5.82 Å². The highest BCUT2D eigenvalue weighted by molar-refractivity contribution is 6.16. The number of H-pyrrole nitrogens is 1. The molecule has 12 heavy (non-hydrogen) atoms. The summed E-state index contributed by atoms with van der Waals surface area (Å²) in [7, 11) is 0. The second-order valence-electron chi connectivity index (χ2n) is 1.96. The molecule has 5 nitrogen and oxygen atoms in total. The van der Waals surface area contributed by atoms with Crippen LogP contribution in [0.25, 0.3) is 0 Å². The molecule has 0 bridgehead atoms. The number of halogens is 1. The Kier molecular flexibility index (Phi) is 3.04. The van der Waals surface area contributed by atoms with E-state index in [0.29, 0.717) is 12.4 Å². The van der Waals surface area contributed by atoms with Gasteiger partial charge in [0, 0.05) is 0 Å². The number of rotatable bonds is 3. The van der Waals surface area contributed by atoms with E-state index >= 15 is 0 Å². The van der Waals surface area contributed by atoms with Crippen molar-refractivity contribution in [3.8, 4) is 0 Å². The van der Waals surface area contributed by atoms with E-state index in [0.717, 1.165) is 0 Å². The Morgan fingerprint density at radius 2 is 2.50 bits per heavy atom. The molecule has 0 saturated heterocycles. The molecule has 6 heteroatoms. The second-order valence-corrected chi connectivity index (χ2v) is 2.23. The van der Waals surface area contributed by atoms with Crippen molar-refractivity contribution in [2.24, 2.45) is 0 Å². The zero-order valence-corrected chi connectivity index (χ0v) is 7.26.